The smallest absolute Gasteiger partial charge is 0.319 e. The highest BCUT2D eigenvalue weighted by Gasteiger charge is 2.34. The van der Waals surface area contributed by atoms with Crippen LogP contribution in [-0.2, 0) is 9.53 Å². The van der Waals surface area contributed by atoms with Gasteiger partial charge in [-0.05, 0) is 44.4 Å². The monoisotopic (exact) mass is 325 g/mol. The van der Waals surface area contributed by atoms with Crippen molar-refractivity contribution in [1.29, 1.82) is 0 Å². The predicted molar refractivity (Wildman–Crippen MR) is 87.7 cm³/mol. The van der Waals surface area contributed by atoms with Gasteiger partial charge in [0.25, 0.3) is 0 Å². The average molecular weight is 325 g/mol. The van der Waals surface area contributed by atoms with Gasteiger partial charge in [0.1, 0.15) is 17.2 Å². The predicted octanol–water partition coefficient (Wildman–Crippen LogP) is 3.60. The van der Waals surface area contributed by atoms with Gasteiger partial charge in [-0.3, -0.25) is 9.89 Å². The Morgan fingerprint density at radius 3 is 2.68 bits per heavy atom. The van der Waals surface area contributed by atoms with Gasteiger partial charge in [-0.1, -0.05) is 39.0 Å². The summed E-state index contributed by atoms with van der Waals surface area (Å²) >= 11 is 1.34. The van der Waals surface area contributed by atoms with E-state index in [0.29, 0.717) is 22.9 Å². The van der Waals surface area contributed by atoms with Gasteiger partial charge >= 0.3 is 5.97 Å². The van der Waals surface area contributed by atoms with Gasteiger partial charge in [-0.2, -0.15) is 0 Å². The number of thioether (sulfide) groups is 1. The van der Waals surface area contributed by atoms with Crippen LogP contribution >= 0.6 is 11.8 Å². The van der Waals surface area contributed by atoms with Crippen molar-refractivity contribution in [2.75, 3.05) is 0 Å². The molecule has 1 saturated carbocycles. The second-order valence-corrected chi connectivity index (χ2v) is 8.07. The normalized spacial score (nSPS) is 26.9. The lowest BCUT2D eigenvalue weighted by Gasteiger charge is -2.37. The molecule has 1 aliphatic carbocycles. The van der Waals surface area contributed by atoms with Crippen molar-refractivity contribution in [3.05, 3.63) is 5.82 Å². The second kappa shape index (κ2) is 7.49. The van der Waals surface area contributed by atoms with Crippen LogP contribution in [0.4, 0.5) is 0 Å². The number of H-pyrrole nitrogens is 1. The van der Waals surface area contributed by atoms with Gasteiger partial charge in [0, 0.05) is 0 Å². The highest BCUT2D eigenvalue weighted by molar-refractivity contribution is 8.00. The molecule has 1 aromatic rings. The van der Waals surface area contributed by atoms with Crippen molar-refractivity contribution in [3.63, 3.8) is 0 Å². The van der Waals surface area contributed by atoms with E-state index in [2.05, 4.69) is 36.0 Å². The summed E-state index contributed by atoms with van der Waals surface area (Å²) in [5.41, 5.74) is 0. The number of nitrogens with zero attached hydrogens (tertiary/aromatic N) is 2. The molecule has 1 heterocycles. The molecule has 22 heavy (non-hydrogen) atoms. The zero-order chi connectivity index (χ0) is 16.3. The Morgan fingerprint density at radius 1 is 1.36 bits per heavy atom. The first kappa shape index (κ1) is 17.3. The molecular weight excluding hydrogens is 298 g/mol. The third-order valence-electron chi connectivity index (χ3n) is 4.42. The van der Waals surface area contributed by atoms with Crippen LogP contribution in [0.3, 0.4) is 0 Å². The minimum atomic E-state index is -0.291. The number of aryl methyl sites for hydroxylation is 1. The van der Waals surface area contributed by atoms with Crippen molar-refractivity contribution in [2.45, 2.75) is 70.4 Å². The van der Waals surface area contributed by atoms with Crippen molar-refractivity contribution in [2.24, 2.45) is 17.8 Å². The zero-order valence-electron chi connectivity index (χ0n) is 14.1. The van der Waals surface area contributed by atoms with Crippen molar-refractivity contribution in [1.82, 2.24) is 15.2 Å². The summed E-state index contributed by atoms with van der Waals surface area (Å²) in [6.07, 6.45) is 3.41. The topological polar surface area (TPSA) is 67.9 Å². The Morgan fingerprint density at radius 2 is 2.09 bits per heavy atom. The summed E-state index contributed by atoms with van der Waals surface area (Å²) in [6, 6.07) is 0. The Labute approximate surface area is 137 Å². The van der Waals surface area contributed by atoms with Crippen molar-refractivity contribution < 1.29 is 9.53 Å². The maximum absolute atomic E-state index is 12.4. The van der Waals surface area contributed by atoms with Crippen LogP contribution in [0.25, 0.3) is 0 Å². The number of aromatic amines is 1. The molecule has 0 aromatic carbocycles. The fourth-order valence-corrected chi connectivity index (χ4v) is 3.83. The molecule has 1 aromatic heterocycles. The Balaban J connectivity index is 1.93. The summed E-state index contributed by atoms with van der Waals surface area (Å²) < 4.78 is 5.85. The van der Waals surface area contributed by atoms with Crippen molar-refractivity contribution in [3.8, 4) is 0 Å². The average Bonchev–Trinajstić information content (AvgIpc) is 2.83. The van der Waals surface area contributed by atoms with Gasteiger partial charge in [0.05, 0.1) is 0 Å². The lowest BCUT2D eigenvalue weighted by Crippen LogP contribution is -2.37. The Hall–Kier alpha value is -1.04. The van der Waals surface area contributed by atoms with Gasteiger partial charge in [-0.15, -0.1) is 5.10 Å². The highest BCUT2D eigenvalue weighted by Crippen LogP contribution is 2.36. The first-order valence-corrected chi connectivity index (χ1v) is 9.01. The van der Waals surface area contributed by atoms with E-state index in [1.165, 1.54) is 18.2 Å². The van der Waals surface area contributed by atoms with Crippen LogP contribution in [0.1, 0.15) is 52.8 Å². The van der Waals surface area contributed by atoms with E-state index in [0.717, 1.165) is 18.7 Å². The molecule has 0 saturated heterocycles. The van der Waals surface area contributed by atoms with E-state index in [4.69, 9.17) is 4.74 Å². The number of hydrogen-bond donors (Lipinski definition) is 1. The first-order chi connectivity index (χ1) is 10.4. The van der Waals surface area contributed by atoms with E-state index < -0.39 is 0 Å². The molecule has 2 rings (SSSR count). The van der Waals surface area contributed by atoms with Crippen LogP contribution in [0.15, 0.2) is 5.16 Å². The molecule has 0 spiro atoms. The van der Waals surface area contributed by atoms with Gasteiger partial charge in [0.2, 0.25) is 5.16 Å². The van der Waals surface area contributed by atoms with Crippen LogP contribution in [-0.4, -0.2) is 32.5 Å². The number of carbonyl (C=O) groups is 1. The molecule has 1 fully saturated rings. The maximum atomic E-state index is 12.4. The lowest BCUT2D eigenvalue weighted by atomic mass is 9.75. The van der Waals surface area contributed by atoms with E-state index in [1.807, 2.05) is 13.8 Å². The molecule has 4 unspecified atom stereocenters. The van der Waals surface area contributed by atoms with E-state index in [-0.39, 0.29) is 17.3 Å². The quantitative estimate of drug-likeness (QED) is 0.662. The first-order valence-electron chi connectivity index (χ1n) is 8.13. The summed E-state index contributed by atoms with van der Waals surface area (Å²) in [6.45, 7) is 10.4. The summed E-state index contributed by atoms with van der Waals surface area (Å²) in [7, 11) is 0. The molecule has 4 atom stereocenters. The van der Waals surface area contributed by atoms with Crippen LogP contribution in [0.5, 0.6) is 0 Å². The number of ether oxygens (including phenoxy) is 1. The molecule has 124 valence electrons. The Bertz CT molecular complexity index is 503. The number of rotatable bonds is 5. The minimum Gasteiger partial charge on any atom is -0.461 e. The summed E-state index contributed by atoms with van der Waals surface area (Å²) in [5, 5.41) is 7.15. The van der Waals surface area contributed by atoms with Crippen LogP contribution in [0.2, 0.25) is 0 Å². The van der Waals surface area contributed by atoms with Crippen molar-refractivity contribution >= 4 is 17.7 Å². The zero-order valence-corrected chi connectivity index (χ0v) is 14.9. The van der Waals surface area contributed by atoms with Crippen LogP contribution in [0, 0.1) is 24.7 Å². The standard InChI is InChI=1S/C16H27N3O2S/c1-9(2)13-7-6-10(3)8-14(13)21-15(20)11(4)22-16-17-12(5)18-19-16/h9-11,13-14H,6-8H2,1-5H3,(H,17,18,19). The van der Waals surface area contributed by atoms with Crippen LogP contribution < -0.4 is 0 Å². The maximum Gasteiger partial charge on any atom is 0.319 e. The number of aromatic nitrogens is 3. The lowest BCUT2D eigenvalue weighted by molar-refractivity contribution is -0.154. The fraction of sp³-hybridized carbons (Fsp3) is 0.812. The molecule has 0 radical (unpaired) electrons. The largest absolute Gasteiger partial charge is 0.461 e. The number of hydrogen-bond acceptors (Lipinski definition) is 5. The second-order valence-electron chi connectivity index (χ2n) is 6.76. The third-order valence-corrected chi connectivity index (χ3v) is 5.36. The van der Waals surface area contributed by atoms with Gasteiger partial charge < -0.3 is 4.74 Å². The molecule has 0 aliphatic heterocycles. The molecule has 0 bridgehead atoms. The molecule has 1 N–H and O–H groups in total. The summed E-state index contributed by atoms with van der Waals surface area (Å²) in [5.74, 6) is 2.25. The number of carbonyl (C=O) groups excluding carboxylic acids is 1. The molecule has 6 heteroatoms. The van der Waals surface area contributed by atoms with Gasteiger partial charge in [-0.25, -0.2) is 4.98 Å². The van der Waals surface area contributed by atoms with E-state index >= 15 is 0 Å². The van der Waals surface area contributed by atoms with Gasteiger partial charge in [0.15, 0.2) is 0 Å². The molecule has 5 nitrogen and oxygen atoms in total. The highest BCUT2D eigenvalue weighted by atomic mass is 32.2. The Kier molecular flexibility index (Phi) is 5.89. The molecular formula is C16H27N3O2S. The van der Waals surface area contributed by atoms with E-state index in [9.17, 15) is 4.79 Å². The molecule has 1 aliphatic rings. The fourth-order valence-electron chi connectivity index (χ4n) is 3.08. The SMILES string of the molecule is Cc1nc(SC(C)C(=O)OC2CC(C)CCC2C(C)C)n[nH]1. The van der Waals surface area contributed by atoms with E-state index in [1.54, 1.807) is 0 Å². The minimum absolute atomic E-state index is 0.0492. The molecule has 0 amide bonds. The summed E-state index contributed by atoms with van der Waals surface area (Å²) in [4.78, 5) is 16.6. The third kappa shape index (κ3) is 4.48. The number of esters is 1. The number of nitrogens with one attached hydrogen (secondary N) is 1.